The summed E-state index contributed by atoms with van der Waals surface area (Å²) in [5.74, 6) is 2.04. The fourth-order valence-corrected chi connectivity index (χ4v) is 3.67. The Kier molecular flexibility index (Phi) is 4.75. The summed E-state index contributed by atoms with van der Waals surface area (Å²) in [4.78, 5) is 31.3. The first kappa shape index (κ1) is 17.5. The zero-order valence-corrected chi connectivity index (χ0v) is 15.7. The van der Waals surface area contributed by atoms with Gasteiger partial charge in [0.1, 0.15) is 11.5 Å². The van der Waals surface area contributed by atoms with Crippen LogP contribution in [0.5, 0.6) is 0 Å². The van der Waals surface area contributed by atoms with E-state index in [9.17, 15) is 4.79 Å². The van der Waals surface area contributed by atoms with Gasteiger partial charge in [-0.3, -0.25) is 4.79 Å². The second-order valence-corrected chi connectivity index (χ2v) is 7.11. The number of likely N-dealkylation sites (tertiary alicyclic amines) is 1. The van der Waals surface area contributed by atoms with E-state index in [1.54, 1.807) is 13.1 Å². The molecule has 0 unspecified atom stereocenters. The molecule has 1 aliphatic heterocycles. The van der Waals surface area contributed by atoms with E-state index in [1.807, 2.05) is 30.0 Å². The number of piperidine rings is 1. The predicted octanol–water partition coefficient (Wildman–Crippen LogP) is 2.80. The standard InChI is InChI=1S/C20H24N6O/c1-13-11-17(25-20(21-2)22-13)19(27)26-9-7-14(8-10-26)12-18-23-15-5-3-4-6-16(15)24-18/h3-6,11,14H,7-10,12H2,1-2H3,(H,23,24)(H,21,22,25). The maximum atomic E-state index is 12.8. The van der Waals surface area contributed by atoms with Gasteiger partial charge in [0.15, 0.2) is 0 Å². The Balaban J connectivity index is 1.38. The third-order valence-electron chi connectivity index (χ3n) is 5.12. The molecule has 3 aromatic rings. The number of carbonyl (C=O) groups excluding carboxylic acids is 1. The lowest BCUT2D eigenvalue weighted by molar-refractivity contribution is 0.0684. The van der Waals surface area contributed by atoms with Crippen LogP contribution in [0.3, 0.4) is 0 Å². The van der Waals surface area contributed by atoms with Crippen LogP contribution >= 0.6 is 0 Å². The van der Waals surface area contributed by atoms with Crippen LogP contribution in [0.25, 0.3) is 11.0 Å². The van der Waals surface area contributed by atoms with Crippen LogP contribution in [-0.4, -0.2) is 50.9 Å². The fraction of sp³-hybridized carbons (Fsp3) is 0.400. The van der Waals surface area contributed by atoms with Gasteiger partial charge in [0.05, 0.1) is 11.0 Å². The Hall–Kier alpha value is -2.96. The molecular formula is C20H24N6O. The Labute approximate surface area is 158 Å². The Bertz CT molecular complexity index is 925. The molecule has 7 heteroatoms. The summed E-state index contributed by atoms with van der Waals surface area (Å²) in [6, 6.07) is 9.85. The zero-order valence-electron chi connectivity index (χ0n) is 15.7. The molecule has 140 valence electrons. The molecule has 0 bridgehead atoms. The summed E-state index contributed by atoms with van der Waals surface area (Å²) in [5, 5.41) is 2.91. The number of aryl methyl sites for hydroxylation is 1. The van der Waals surface area contributed by atoms with Crippen LogP contribution in [0, 0.1) is 12.8 Å². The van der Waals surface area contributed by atoms with Gasteiger partial charge >= 0.3 is 0 Å². The summed E-state index contributed by atoms with van der Waals surface area (Å²) in [7, 11) is 1.76. The van der Waals surface area contributed by atoms with Crippen molar-refractivity contribution in [2.45, 2.75) is 26.2 Å². The molecule has 4 rings (SSSR count). The molecule has 0 radical (unpaired) electrons. The van der Waals surface area contributed by atoms with Gasteiger partial charge in [0.25, 0.3) is 5.91 Å². The van der Waals surface area contributed by atoms with E-state index in [-0.39, 0.29) is 5.91 Å². The number of H-pyrrole nitrogens is 1. The lowest BCUT2D eigenvalue weighted by Gasteiger charge is -2.31. The number of nitrogens with one attached hydrogen (secondary N) is 2. The van der Waals surface area contributed by atoms with E-state index in [1.165, 1.54) is 0 Å². The quantitative estimate of drug-likeness (QED) is 0.743. The third-order valence-corrected chi connectivity index (χ3v) is 5.12. The first-order valence-electron chi connectivity index (χ1n) is 9.38. The molecule has 1 saturated heterocycles. The van der Waals surface area contributed by atoms with Crippen molar-refractivity contribution in [3.05, 3.63) is 47.5 Å². The van der Waals surface area contributed by atoms with E-state index in [2.05, 4.69) is 31.3 Å². The van der Waals surface area contributed by atoms with Crippen LogP contribution in [0.4, 0.5) is 5.95 Å². The minimum Gasteiger partial charge on any atom is -0.357 e. The van der Waals surface area contributed by atoms with Crippen molar-refractivity contribution >= 4 is 22.9 Å². The van der Waals surface area contributed by atoms with Gasteiger partial charge < -0.3 is 15.2 Å². The summed E-state index contributed by atoms with van der Waals surface area (Å²) in [5.41, 5.74) is 3.35. The number of fused-ring (bicyclic) bond motifs is 1. The van der Waals surface area contributed by atoms with E-state index in [4.69, 9.17) is 0 Å². The van der Waals surface area contributed by atoms with Gasteiger partial charge in [0.2, 0.25) is 5.95 Å². The Morgan fingerprint density at radius 1 is 1.22 bits per heavy atom. The summed E-state index contributed by atoms with van der Waals surface area (Å²) in [6.07, 6.45) is 2.88. The molecule has 1 aromatic carbocycles. The number of hydrogen-bond donors (Lipinski definition) is 2. The van der Waals surface area contributed by atoms with Crippen LogP contribution in [0.15, 0.2) is 30.3 Å². The SMILES string of the molecule is CNc1nc(C)cc(C(=O)N2CCC(Cc3nc4ccccc4[nH]3)CC2)n1. The smallest absolute Gasteiger partial charge is 0.272 e. The lowest BCUT2D eigenvalue weighted by atomic mass is 9.93. The summed E-state index contributed by atoms with van der Waals surface area (Å²) in [6.45, 7) is 3.38. The normalized spacial score (nSPS) is 15.3. The topological polar surface area (TPSA) is 86.8 Å². The van der Waals surface area contributed by atoms with Crippen molar-refractivity contribution in [2.24, 2.45) is 5.92 Å². The molecule has 1 aliphatic rings. The number of nitrogens with zero attached hydrogens (tertiary/aromatic N) is 4. The highest BCUT2D eigenvalue weighted by Gasteiger charge is 2.25. The van der Waals surface area contributed by atoms with E-state index < -0.39 is 0 Å². The van der Waals surface area contributed by atoms with Crippen molar-refractivity contribution in [1.29, 1.82) is 0 Å². The van der Waals surface area contributed by atoms with Gasteiger partial charge in [0, 0.05) is 32.3 Å². The number of anilines is 1. The first-order valence-corrected chi connectivity index (χ1v) is 9.38. The molecule has 0 aliphatic carbocycles. The van der Waals surface area contributed by atoms with Crippen LogP contribution in [-0.2, 0) is 6.42 Å². The minimum atomic E-state index is -0.0146. The van der Waals surface area contributed by atoms with Crippen LogP contribution in [0.1, 0.15) is 34.8 Å². The largest absolute Gasteiger partial charge is 0.357 e. The lowest BCUT2D eigenvalue weighted by Crippen LogP contribution is -2.39. The van der Waals surface area contributed by atoms with E-state index in [0.717, 1.165) is 54.9 Å². The van der Waals surface area contributed by atoms with Gasteiger partial charge in [-0.05, 0) is 43.9 Å². The zero-order chi connectivity index (χ0) is 18.8. The molecular weight excluding hydrogens is 340 g/mol. The molecule has 27 heavy (non-hydrogen) atoms. The number of para-hydroxylation sites is 2. The number of amides is 1. The van der Waals surface area contributed by atoms with Crippen molar-refractivity contribution in [1.82, 2.24) is 24.8 Å². The van der Waals surface area contributed by atoms with Crippen LogP contribution < -0.4 is 5.32 Å². The molecule has 3 heterocycles. The number of imidazole rings is 1. The predicted molar refractivity (Wildman–Crippen MR) is 105 cm³/mol. The van der Waals surface area contributed by atoms with Gasteiger partial charge in [-0.2, -0.15) is 0 Å². The molecule has 2 aromatic heterocycles. The third kappa shape index (κ3) is 3.77. The maximum Gasteiger partial charge on any atom is 0.272 e. The van der Waals surface area contributed by atoms with E-state index in [0.29, 0.717) is 17.6 Å². The maximum absolute atomic E-state index is 12.8. The Morgan fingerprint density at radius 3 is 2.74 bits per heavy atom. The average Bonchev–Trinajstić information content (AvgIpc) is 3.09. The molecule has 7 nitrogen and oxygen atoms in total. The highest BCUT2D eigenvalue weighted by molar-refractivity contribution is 5.92. The second kappa shape index (κ2) is 7.34. The number of hydrogen-bond acceptors (Lipinski definition) is 5. The summed E-state index contributed by atoms with van der Waals surface area (Å²) < 4.78 is 0. The Morgan fingerprint density at radius 2 is 2.00 bits per heavy atom. The molecule has 0 saturated carbocycles. The first-order chi connectivity index (χ1) is 13.1. The second-order valence-electron chi connectivity index (χ2n) is 7.11. The highest BCUT2D eigenvalue weighted by atomic mass is 16.2. The monoisotopic (exact) mass is 364 g/mol. The molecule has 2 N–H and O–H groups in total. The molecule has 0 spiro atoms. The van der Waals surface area contributed by atoms with Crippen molar-refractivity contribution in [2.75, 3.05) is 25.5 Å². The van der Waals surface area contributed by atoms with Crippen molar-refractivity contribution < 1.29 is 4.79 Å². The van der Waals surface area contributed by atoms with Crippen molar-refractivity contribution in [3.8, 4) is 0 Å². The molecule has 0 atom stereocenters. The minimum absolute atomic E-state index is 0.0146. The van der Waals surface area contributed by atoms with Gasteiger partial charge in [-0.1, -0.05) is 12.1 Å². The number of carbonyl (C=O) groups is 1. The summed E-state index contributed by atoms with van der Waals surface area (Å²) >= 11 is 0. The molecule has 1 amide bonds. The van der Waals surface area contributed by atoms with E-state index >= 15 is 0 Å². The van der Waals surface area contributed by atoms with Crippen LogP contribution in [0.2, 0.25) is 0 Å². The number of benzene rings is 1. The van der Waals surface area contributed by atoms with Gasteiger partial charge in [-0.25, -0.2) is 15.0 Å². The number of rotatable bonds is 4. The highest BCUT2D eigenvalue weighted by Crippen LogP contribution is 2.23. The van der Waals surface area contributed by atoms with Gasteiger partial charge in [-0.15, -0.1) is 0 Å². The number of aromatic nitrogens is 4. The van der Waals surface area contributed by atoms with Crippen molar-refractivity contribution in [3.63, 3.8) is 0 Å². The number of aromatic amines is 1. The molecule has 1 fully saturated rings. The average molecular weight is 364 g/mol. The fourth-order valence-electron chi connectivity index (χ4n) is 3.67.